The van der Waals surface area contributed by atoms with Crippen molar-refractivity contribution in [2.45, 2.75) is 24.9 Å². The molecule has 1 aromatic carbocycles. The third-order valence-electron chi connectivity index (χ3n) is 4.43. The van der Waals surface area contributed by atoms with Crippen LogP contribution in [0.15, 0.2) is 48.7 Å². The second kappa shape index (κ2) is 10.8. The molecule has 0 aliphatic carbocycles. The summed E-state index contributed by atoms with van der Waals surface area (Å²) < 4.78 is 0. The third kappa shape index (κ3) is 6.05. The molecule has 10 heteroatoms. The van der Waals surface area contributed by atoms with E-state index in [4.69, 9.17) is 5.73 Å². The van der Waals surface area contributed by atoms with Crippen LogP contribution in [0, 0.1) is 10.1 Å². The second-order valence-corrected chi connectivity index (χ2v) is 6.37. The maximum Gasteiger partial charge on any atom is 0.287 e. The van der Waals surface area contributed by atoms with Crippen molar-refractivity contribution in [2.75, 3.05) is 18.4 Å². The Hall–Kier alpha value is -2.42. The lowest BCUT2D eigenvalue weighted by molar-refractivity contribution is -0.385. The van der Waals surface area contributed by atoms with Crippen LogP contribution in [0.1, 0.15) is 12.0 Å². The standard InChI is InChI=1S/C18H21N5O3.2ClH/c19-16(10-13-4-2-1-3-5-13)18(24)22-9-8-14(12-22)21-17-7-6-15(11-20-17)23(25)26;;/h1-7,11,14,16H,8-10,12,19H2,(H,20,21);2*1H. The fourth-order valence-corrected chi connectivity index (χ4v) is 3.06. The summed E-state index contributed by atoms with van der Waals surface area (Å²) in [5, 5.41) is 13.9. The summed E-state index contributed by atoms with van der Waals surface area (Å²) in [5.74, 6) is 0.498. The van der Waals surface area contributed by atoms with Crippen LogP contribution in [0.3, 0.4) is 0 Å². The first-order valence-corrected chi connectivity index (χ1v) is 8.48. The summed E-state index contributed by atoms with van der Waals surface area (Å²) in [5.41, 5.74) is 7.07. The van der Waals surface area contributed by atoms with Crippen LogP contribution < -0.4 is 11.1 Å². The van der Waals surface area contributed by atoms with Gasteiger partial charge in [-0.3, -0.25) is 14.9 Å². The number of nitrogens with two attached hydrogens (primary N) is 1. The van der Waals surface area contributed by atoms with Crippen LogP contribution in [0.25, 0.3) is 0 Å². The molecule has 1 aromatic heterocycles. The number of carbonyl (C=O) groups excluding carboxylic acids is 1. The van der Waals surface area contributed by atoms with Gasteiger partial charge in [-0.1, -0.05) is 30.3 Å². The summed E-state index contributed by atoms with van der Waals surface area (Å²) in [4.78, 5) is 28.5. The van der Waals surface area contributed by atoms with Gasteiger partial charge in [-0.05, 0) is 24.5 Å². The first-order valence-electron chi connectivity index (χ1n) is 8.48. The van der Waals surface area contributed by atoms with E-state index in [-0.39, 0.29) is 42.5 Å². The van der Waals surface area contributed by atoms with E-state index in [1.165, 1.54) is 12.3 Å². The van der Waals surface area contributed by atoms with E-state index in [0.717, 1.165) is 12.0 Å². The van der Waals surface area contributed by atoms with Crippen LogP contribution in [0.5, 0.6) is 0 Å². The zero-order chi connectivity index (χ0) is 18.5. The number of pyridine rings is 1. The van der Waals surface area contributed by atoms with E-state index in [2.05, 4.69) is 10.3 Å². The summed E-state index contributed by atoms with van der Waals surface area (Å²) in [7, 11) is 0. The van der Waals surface area contributed by atoms with Crippen molar-refractivity contribution >= 4 is 42.2 Å². The molecular formula is C18H23Cl2N5O3. The highest BCUT2D eigenvalue weighted by Gasteiger charge is 2.29. The van der Waals surface area contributed by atoms with Gasteiger partial charge in [0.15, 0.2) is 0 Å². The van der Waals surface area contributed by atoms with Crippen molar-refractivity contribution in [3.8, 4) is 0 Å². The number of nitro groups is 1. The predicted octanol–water partition coefficient (Wildman–Crippen LogP) is 2.42. The minimum atomic E-state index is -0.561. The molecule has 28 heavy (non-hydrogen) atoms. The number of rotatable bonds is 6. The Labute approximate surface area is 175 Å². The molecule has 2 heterocycles. The third-order valence-corrected chi connectivity index (χ3v) is 4.43. The molecule has 8 nitrogen and oxygen atoms in total. The van der Waals surface area contributed by atoms with Crippen molar-refractivity contribution in [1.29, 1.82) is 0 Å². The fraction of sp³-hybridized carbons (Fsp3) is 0.333. The number of nitrogens with one attached hydrogen (secondary N) is 1. The van der Waals surface area contributed by atoms with Crippen LogP contribution in [-0.4, -0.2) is 45.9 Å². The van der Waals surface area contributed by atoms with Gasteiger partial charge in [0.05, 0.1) is 11.0 Å². The smallest absolute Gasteiger partial charge is 0.287 e. The molecule has 2 atom stereocenters. The maximum absolute atomic E-state index is 12.5. The number of nitrogens with zero attached hydrogens (tertiary/aromatic N) is 3. The van der Waals surface area contributed by atoms with Crippen molar-refractivity contribution < 1.29 is 9.72 Å². The average molecular weight is 428 g/mol. The number of carbonyl (C=O) groups is 1. The number of aromatic nitrogens is 1. The summed E-state index contributed by atoms with van der Waals surface area (Å²) in [6.45, 7) is 1.17. The molecule has 2 unspecified atom stereocenters. The van der Waals surface area contributed by atoms with Crippen LogP contribution in [0.2, 0.25) is 0 Å². The minimum Gasteiger partial charge on any atom is -0.365 e. The summed E-state index contributed by atoms with van der Waals surface area (Å²) in [6.07, 6.45) is 2.51. The number of halogens is 2. The molecule has 1 aliphatic rings. The van der Waals surface area contributed by atoms with Crippen molar-refractivity contribution in [1.82, 2.24) is 9.88 Å². The Morgan fingerprint density at radius 2 is 2.00 bits per heavy atom. The highest BCUT2D eigenvalue weighted by Crippen LogP contribution is 2.18. The maximum atomic E-state index is 12.5. The molecule has 152 valence electrons. The van der Waals surface area contributed by atoms with E-state index in [1.54, 1.807) is 11.0 Å². The molecule has 0 saturated carbocycles. The lowest BCUT2D eigenvalue weighted by Crippen LogP contribution is -2.44. The number of hydrogen-bond donors (Lipinski definition) is 2. The molecule has 1 amide bonds. The van der Waals surface area contributed by atoms with Crippen molar-refractivity contribution in [2.24, 2.45) is 5.73 Å². The monoisotopic (exact) mass is 427 g/mol. The molecule has 0 bridgehead atoms. The number of amides is 1. The molecule has 1 saturated heterocycles. The average Bonchev–Trinajstić information content (AvgIpc) is 3.10. The number of likely N-dealkylation sites (tertiary alicyclic amines) is 1. The highest BCUT2D eigenvalue weighted by atomic mass is 35.5. The Morgan fingerprint density at radius 1 is 1.29 bits per heavy atom. The fourth-order valence-electron chi connectivity index (χ4n) is 3.06. The Kier molecular flexibility index (Phi) is 9.11. The van der Waals surface area contributed by atoms with Gasteiger partial charge < -0.3 is 16.0 Å². The molecule has 2 aromatic rings. The minimum absolute atomic E-state index is 0. The Morgan fingerprint density at radius 3 is 2.61 bits per heavy atom. The van der Waals surface area contributed by atoms with Gasteiger partial charge >= 0.3 is 0 Å². The van der Waals surface area contributed by atoms with Gasteiger partial charge in [0.1, 0.15) is 12.0 Å². The van der Waals surface area contributed by atoms with Gasteiger partial charge in [-0.25, -0.2) is 4.98 Å². The normalized spacial score (nSPS) is 16.5. The Balaban J connectivity index is 0.00000196. The predicted molar refractivity (Wildman–Crippen MR) is 112 cm³/mol. The molecule has 0 radical (unpaired) electrons. The van der Waals surface area contributed by atoms with E-state index < -0.39 is 11.0 Å². The lowest BCUT2D eigenvalue weighted by Gasteiger charge is -2.21. The number of hydrogen-bond acceptors (Lipinski definition) is 6. The van der Waals surface area contributed by atoms with Crippen LogP contribution in [-0.2, 0) is 11.2 Å². The zero-order valence-corrected chi connectivity index (χ0v) is 16.7. The van der Waals surface area contributed by atoms with Gasteiger partial charge in [0.2, 0.25) is 5.91 Å². The molecular weight excluding hydrogens is 405 g/mol. The molecule has 0 spiro atoms. The summed E-state index contributed by atoms with van der Waals surface area (Å²) >= 11 is 0. The van der Waals surface area contributed by atoms with Crippen molar-refractivity contribution in [3.63, 3.8) is 0 Å². The first-order chi connectivity index (χ1) is 12.5. The van der Waals surface area contributed by atoms with E-state index in [9.17, 15) is 14.9 Å². The molecule has 1 aliphatic heterocycles. The zero-order valence-electron chi connectivity index (χ0n) is 15.1. The van der Waals surface area contributed by atoms with Gasteiger partial charge in [0.25, 0.3) is 5.69 Å². The van der Waals surface area contributed by atoms with E-state index >= 15 is 0 Å². The van der Waals surface area contributed by atoms with Crippen LogP contribution in [0.4, 0.5) is 11.5 Å². The summed E-state index contributed by atoms with van der Waals surface area (Å²) in [6, 6.07) is 12.2. The topological polar surface area (TPSA) is 114 Å². The quantitative estimate of drug-likeness (QED) is 0.540. The second-order valence-electron chi connectivity index (χ2n) is 6.37. The van der Waals surface area contributed by atoms with E-state index in [1.807, 2.05) is 30.3 Å². The van der Waals surface area contributed by atoms with Gasteiger partial charge in [0, 0.05) is 25.2 Å². The van der Waals surface area contributed by atoms with Gasteiger partial charge in [-0.2, -0.15) is 0 Å². The largest absolute Gasteiger partial charge is 0.365 e. The molecule has 3 N–H and O–H groups in total. The first kappa shape index (κ1) is 23.6. The van der Waals surface area contributed by atoms with E-state index in [0.29, 0.717) is 25.3 Å². The highest BCUT2D eigenvalue weighted by molar-refractivity contribution is 5.85. The molecule has 1 fully saturated rings. The number of anilines is 1. The Bertz CT molecular complexity index is 777. The van der Waals surface area contributed by atoms with Crippen molar-refractivity contribution in [3.05, 3.63) is 64.3 Å². The lowest BCUT2D eigenvalue weighted by atomic mass is 10.1. The van der Waals surface area contributed by atoms with Crippen LogP contribution >= 0.6 is 24.8 Å². The SMILES string of the molecule is Cl.Cl.NC(Cc1ccccc1)C(=O)N1CCC(Nc2ccc([N+](=O)[O-])cn2)C1. The number of benzene rings is 1. The van der Waals surface area contributed by atoms with Gasteiger partial charge in [-0.15, -0.1) is 24.8 Å². The molecule has 3 rings (SSSR count).